The molecular weight excluding hydrogens is 264 g/mol. The van der Waals surface area contributed by atoms with Crippen molar-refractivity contribution in [3.05, 3.63) is 107 Å². The van der Waals surface area contributed by atoms with Crippen molar-refractivity contribution in [1.82, 2.24) is 0 Å². The van der Waals surface area contributed by atoms with Crippen molar-refractivity contribution in [1.29, 1.82) is 0 Å². The van der Waals surface area contributed by atoms with Gasteiger partial charge in [-0.3, -0.25) is 0 Å². The number of aryl methyl sites for hydroxylation is 1. The van der Waals surface area contributed by atoms with Crippen LogP contribution in [0.15, 0.2) is 78.9 Å². The molecule has 0 bridgehead atoms. The average molecular weight is 284 g/mol. The van der Waals surface area contributed by atoms with E-state index in [0.29, 0.717) is 0 Å². The van der Waals surface area contributed by atoms with E-state index < -0.39 is 0 Å². The molecule has 0 fully saturated rings. The quantitative estimate of drug-likeness (QED) is 0.491. The number of allylic oxidation sites excluding steroid dienone is 5. The van der Waals surface area contributed by atoms with Crippen molar-refractivity contribution in [2.75, 3.05) is 0 Å². The van der Waals surface area contributed by atoms with Crippen LogP contribution in [0, 0.1) is 18.8 Å². The SMILES string of the molecule is Cc1ccc(C(=Cc2ccccc2)[C-]2C=C[C-](C)C=C2)cc1. The fourth-order valence-corrected chi connectivity index (χ4v) is 2.52. The zero-order valence-electron chi connectivity index (χ0n) is 13.1. The van der Waals surface area contributed by atoms with Crippen LogP contribution in [0.4, 0.5) is 0 Å². The van der Waals surface area contributed by atoms with E-state index in [-0.39, 0.29) is 0 Å². The molecule has 0 amide bonds. The minimum atomic E-state index is 1.22. The smallest absolute Gasteiger partial charge is 0.0398 e. The van der Waals surface area contributed by atoms with Crippen LogP contribution in [-0.2, 0) is 0 Å². The van der Waals surface area contributed by atoms with E-state index in [9.17, 15) is 0 Å². The fourth-order valence-electron chi connectivity index (χ4n) is 2.52. The first-order valence-electron chi connectivity index (χ1n) is 7.63. The number of hydrogen-bond donors (Lipinski definition) is 0. The second kappa shape index (κ2) is 6.44. The van der Waals surface area contributed by atoms with Gasteiger partial charge in [-0.25, -0.2) is 36.1 Å². The van der Waals surface area contributed by atoms with Crippen molar-refractivity contribution >= 4 is 11.6 Å². The lowest BCUT2D eigenvalue weighted by Crippen LogP contribution is -2.00. The summed E-state index contributed by atoms with van der Waals surface area (Å²) in [6.45, 7) is 4.24. The molecule has 0 nitrogen and oxygen atoms in total. The van der Waals surface area contributed by atoms with Gasteiger partial charge in [-0.1, -0.05) is 78.2 Å². The Morgan fingerprint density at radius 3 is 2.09 bits per heavy atom. The normalized spacial score (nSPS) is 14.5. The predicted molar refractivity (Wildman–Crippen MR) is 95.9 cm³/mol. The van der Waals surface area contributed by atoms with E-state index in [1.807, 2.05) is 0 Å². The lowest BCUT2D eigenvalue weighted by Gasteiger charge is -2.33. The van der Waals surface area contributed by atoms with Crippen molar-refractivity contribution in [3.8, 4) is 0 Å². The molecule has 0 heterocycles. The summed E-state index contributed by atoms with van der Waals surface area (Å²) in [7, 11) is 0. The Hall–Kier alpha value is -2.60. The maximum Gasteiger partial charge on any atom is -0.0398 e. The first kappa shape index (κ1) is 14.3. The Bertz CT molecular complexity index is 685. The third-order valence-corrected chi connectivity index (χ3v) is 3.84. The monoisotopic (exact) mass is 284 g/mol. The van der Waals surface area contributed by atoms with E-state index >= 15 is 0 Å². The maximum absolute atomic E-state index is 2.26. The molecular formula is C22H20-2. The molecule has 22 heavy (non-hydrogen) atoms. The highest BCUT2D eigenvalue weighted by Gasteiger charge is 2.01. The van der Waals surface area contributed by atoms with Crippen molar-refractivity contribution in [3.63, 3.8) is 0 Å². The molecule has 0 unspecified atom stereocenters. The molecule has 0 spiro atoms. The summed E-state index contributed by atoms with van der Waals surface area (Å²) in [5, 5.41) is 0. The Kier molecular flexibility index (Phi) is 4.20. The third kappa shape index (κ3) is 3.35. The van der Waals surface area contributed by atoms with Gasteiger partial charge in [0.2, 0.25) is 0 Å². The first-order valence-corrected chi connectivity index (χ1v) is 7.63. The number of hydrogen-bond acceptors (Lipinski definition) is 0. The molecule has 110 valence electrons. The average Bonchev–Trinajstić information content (AvgIpc) is 2.56. The fraction of sp³-hybridized carbons (Fsp3) is 0.0909. The number of benzene rings is 2. The molecule has 0 aromatic heterocycles. The highest BCUT2D eigenvalue weighted by Crippen LogP contribution is 2.33. The molecule has 0 atom stereocenters. The van der Waals surface area contributed by atoms with E-state index in [4.69, 9.17) is 0 Å². The molecule has 0 radical (unpaired) electrons. The standard InChI is InChI=1S/C22H20/c1-17-8-12-20(13-9-17)22(16-19-6-4-3-5-7-19)21-14-10-18(2)11-15-21/h3-16H,1-2H3/q-2. The van der Waals surface area contributed by atoms with Gasteiger partial charge in [0.05, 0.1) is 0 Å². The van der Waals surface area contributed by atoms with E-state index in [1.165, 1.54) is 34.1 Å². The Morgan fingerprint density at radius 1 is 0.818 bits per heavy atom. The topological polar surface area (TPSA) is 0 Å². The van der Waals surface area contributed by atoms with Gasteiger partial charge in [0.25, 0.3) is 0 Å². The van der Waals surface area contributed by atoms with E-state index in [0.717, 1.165) is 0 Å². The predicted octanol–water partition coefficient (Wildman–Crippen LogP) is 5.83. The summed E-state index contributed by atoms with van der Waals surface area (Å²) in [5.74, 6) is 2.53. The maximum atomic E-state index is 2.26. The van der Waals surface area contributed by atoms with Crippen LogP contribution < -0.4 is 0 Å². The Balaban J connectivity index is 2.02. The van der Waals surface area contributed by atoms with E-state index in [2.05, 4.69) is 98.8 Å². The molecule has 2 aromatic rings. The molecule has 3 rings (SSSR count). The highest BCUT2D eigenvalue weighted by molar-refractivity contribution is 5.92. The molecule has 0 saturated heterocycles. The third-order valence-electron chi connectivity index (χ3n) is 3.84. The van der Waals surface area contributed by atoms with Crippen LogP contribution in [0.5, 0.6) is 0 Å². The largest absolute Gasteiger partial charge is 0.233 e. The molecule has 1 aliphatic carbocycles. The zero-order chi connectivity index (χ0) is 15.4. The van der Waals surface area contributed by atoms with Gasteiger partial charge in [-0.2, -0.15) is 0 Å². The van der Waals surface area contributed by atoms with Gasteiger partial charge in [0, 0.05) is 0 Å². The van der Waals surface area contributed by atoms with Crippen molar-refractivity contribution < 1.29 is 0 Å². The minimum absolute atomic E-state index is 1.22. The summed E-state index contributed by atoms with van der Waals surface area (Å²) in [6, 6.07) is 19.2. The summed E-state index contributed by atoms with van der Waals surface area (Å²) in [5.41, 5.74) is 5.01. The highest BCUT2D eigenvalue weighted by atomic mass is 14.2. The second-order valence-electron chi connectivity index (χ2n) is 5.70. The van der Waals surface area contributed by atoms with Crippen LogP contribution in [-0.4, -0.2) is 0 Å². The van der Waals surface area contributed by atoms with Crippen LogP contribution in [0.3, 0.4) is 0 Å². The van der Waals surface area contributed by atoms with Gasteiger partial charge in [0.15, 0.2) is 0 Å². The molecule has 0 N–H and O–H groups in total. The van der Waals surface area contributed by atoms with Gasteiger partial charge in [0.1, 0.15) is 0 Å². The van der Waals surface area contributed by atoms with Crippen LogP contribution in [0.2, 0.25) is 0 Å². The van der Waals surface area contributed by atoms with Crippen molar-refractivity contribution in [2.24, 2.45) is 0 Å². The lowest BCUT2D eigenvalue weighted by atomic mass is 9.86. The summed E-state index contributed by atoms with van der Waals surface area (Å²) >= 11 is 0. The summed E-state index contributed by atoms with van der Waals surface area (Å²) in [4.78, 5) is 0. The second-order valence-corrected chi connectivity index (χ2v) is 5.70. The van der Waals surface area contributed by atoms with Crippen LogP contribution in [0.25, 0.3) is 11.6 Å². The van der Waals surface area contributed by atoms with Crippen LogP contribution >= 0.6 is 0 Å². The molecule has 0 aliphatic heterocycles. The Morgan fingerprint density at radius 2 is 1.45 bits per heavy atom. The molecule has 0 heteroatoms. The molecule has 2 aromatic carbocycles. The van der Waals surface area contributed by atoms with Gasteiger partial charge < -0.3 is 0 Å². The first-order chi connectivity index (χ1) is 10.7. The molecule has 0 saturated carbocycles. The van der Waals surface area contributed by atoms with Gasteiger partial charge in [-0.15, -0.1) is 11.6 Å². The van der Waals surface area contributed by atoms with Crippen LogP contribution in [0.1, 0.15) is 23.6 Å². The number of rotatable bonds is 3. The van der Waals surface area contributed by atoms with E-state index in [1.54, 1.807) is 0 Å². The zero-order valence-corrected chi connectivity index (χ0v) is 13.1. The van der Waals surface area contributed by atoms with Gasteiger partial charge in [-0.05, 0) is 6.92 Å². The Labute approximate surface area is 133 Å². The summed E-state index contributed by atoms with van der Waals surface area (Å²) in [6.07, 6.45) is 11.0. The minimum Gasteiger partial charge on any atom is -0.233 e. The lowest BCUT2D eigenvalue weighted by molar-refractivity contribution is 1.26. The van der Waals surface area contributed by atoms with Gasteiger partial charge >= 0.3 is 0 Å². The summed E-state index contributed by atoms with van der Waals surface area (Å²) < 4.78 is 0. The molecule has 1 aliphatic rings. The van der Waals surface area contributed by atoms with Crippen molar-refractivity contribution in [2.45, 2.75) is 13.8 Å².